The van der Waals surface area contributed by atoms with Crippen molar-refractivity contribution >= 4 is 23.2 Å². The fourth-order valence-electron chi connectivity index (χ4n) is 2.39. The van der Waals surface area contributed by atoms with Crippen LogP contribution in [0.15, 0.2) is 59.1 Å². The highest BCUT2D eigenvalue weighted by molar-refractivity contribution is 6.30. The number of aryl methyl sites for hydroxylation is 1. The summed E-state index contributed by atoms with van der Waals surface area (Å²) in [4.78, 5) is 16.2. The first-order valence-electron chi connectivity index (χ1n) is 8.15. The number of halogens is 4. The number of oxazole rings is 1. The van der Waals surface area contributed by atoms with Crippen molar-refractivity contribution in [1.82, 2.24) is 4.98 Å². The normalized spacial score (nSPS) is 11.3. The number of carbonyl (C=O) groups is 1. The van der Waals surface area contributed by atoms with Crippen LogP contribution >= 0.6 is 11.6 Å². The van der Waals surface area contributed by atoms with Crippen molar-refractivity contribution < 1.29 is 27.1 Å². The van der Waals surface area contributed by atoms with E-state index in [1.165, 1.54) is 12.1 Å². The van der Waals surface area contributed by atoms with E-state index in [9.17, 15) is 18.0 Å². The number of anilines is 1. The van der Waals surface area contributed by atoms with Crippen LogP contribution in [0.5, 0.6) is 5.75 Å². The molecular weight excluding hydrogens is 397 g/mol. The Morgan fingerprint density at radius 3 is 2.64 bits per heavy atom. The molecule has 9 heteroatoms. The van der Waals surface area contributed by atoms with Gasteiger partial charge in [-0.15, -0.1) is 13.2 Å². The predicted molar refractivity (Wildman–Crippen MR) is 97.0 cm³/mol. The zero-order valence-electron chi connectivity index (χ0n) is 14.3. The number of aromatic nitrogens is 1. The lowest BCUT2D eigenvalue weighted by molar-refractivity contribution is -0.274. The van der Waals surface area contributed by atoms with Crippen LogP contribution in [-0.2, 0) is 11.2 Å². The Morgan fingerprint density at radius 2 is 1.93 bits per heavy atom. The second-order valence-corrected chi connectivity index (χ2v) is 6.19. The molecule has 1 heterocycles. The van der Waals surface area contributed by atoms with E-state index in [1.54, 1.807) is 30.5 Å². The van der Waals surface area contributed by atoms with Gasteiger partial charge in [0.2, 0.25) is 5.91 Å². The molecule has 0 unspecified atom stereocenters. The Hall–Kier alpha value is -3.00. The van der Waals surface area contributed by atoms with Gasteiger partial charge in [0.15, 0.2) is 11.7 Å². The van der Waals surface area contributed by atoms with Crippen LogP contribution in [-0.4, -0.2) is 17.3 Å². The summed E-state index contributed by atoms with van der Waals surface area (Å²) in [5.74, 6) is 0.111. The summed E-state index contributed by atoms with van der Waals surface area (Å²) in [6, 6.07) is 12.1. The summed E-state index contributed by atoms with van der Waals surface area (Å²) in [6.45, 7) is 0. The SMILES string of the molecule is O=C(CCc1ncc(-c2ccc(Cl)cc2)o1)Nc1cccc(OC(F)(F)F)c1. The minimum Gasteiger partial charge on any atom is -0.441 e. The van der Waals surface area contributed by atoms with Crippen molar-refractivity contribution in [3.63, 3.8) is 0 Å². The van der Waals surface area contributed by atoms with E-state index in [-0.39, 0.29) is 18.5 Å². The van der Waals surface area contributed by atoms with Crippen LogP contribution in [0.3, 0.4) is 0 Å². The monoisotopic (exact) mass is 410 g/mol. The molecule has 5 nitrogen and oxygen atoms in total. The van der Waals surface area contributed by atoms with Gasteiger partial charge in [-0.1, -0.05) is 17.7 Å². The zero-order chi connectivity index (χ0) is 20.1. The molecule has 1 aromatic heterocycles. The van der Waals surface area contributed by atoms with Gasteiger partial charge in [0.25, 0.3) is 0 Å². The van der Waals surface area contributed by atoms with E-state index in [1.807, 2.05) is 0 Å². The van der Waals surface area contributed by atoms with Gasteiger partial charge in [-0.2, -0.15) is 0 Å². The van der Waals surface area contributed by atoms with E-state index in [4.69, 9.17) is 16.0 Å². The van der Waals surface area contributed by atoms with Crippen molar-refractivity contribution in [2.45, 2.75) is 19.2 Å². The van der Waals surface area contributed by atoms with Crippen molar-refractivity contribution in [3.05, 3.63) is 65.6 Å². The van der Waals surface area contributed by atoms with E-state index in [2.05, 4.69) is 15.0 Å². The molecule has 0 aliphatic rings. The van der Waals surface area contributed by atoms with E-state index in [0.29, 0.717) is 16.7 Å². The third-order valence-corrected chi connectivity index (χ3v) is 3.85. The van der Waals surface area contributed by atoms with Crippen LogP contribution in [0.4, 0.5) is 18.9 Å². The predicted octanol–water partition coefficient (Wildman–Crippen LogP) is 5.46. The average molecular weight is 411 g/mol. The number of amides is 1. The van der Waals surface area contributed by atoms with Crippen LogP contribution in [0.1, 0.15) is 12.3 Å². The average Bonchev–Trinajstić information content (AvgIpc) is 3.08. The molecule has 0 saturated heterocycles. The standard InChI is InChI=1S/C19H14ClF3N2O3/c20-13-6-4-12(5-7-13)16-11-24-18(27-16)9-8-17(26)25-14-2-1-3-15(10-14)28-19(21,22)23/h1-7,10-11H,8-9H2,(H,25,26). The fourth-order valence-corrected chi connectivity index (χ4v) is 2.51. The third-order valence-electron chi connectivity index (χ3n) is 3.60. The first-order chi connectivity index (χ1) is 13.3. The van der Waals surface area contributed by atoms with Gasteiger partial charge in [0.1, 0.15) is 5.75 Å². The summed E-state index contributed by atoms with van der Waals surface area (Å²) < 4.78 is 46.2. The maximum atomic E-state index is 12.3. The van der Waals surface area contributed by atoms with Crippen LogP contribution in [0.25, 0.3) is 11.3 Å². The Bertz CT molecular complexity index is 956. The van der Waals surface area contributed by atoms with E-state index >= 15 is 0 Å². The molecule has 0 bridgehead atoms. The molecule has 146 valence electrons. The Kier molecular flexibility index (Phi) is 5.89. The van der Waals surface area contributed by atoms with Gasteiger partial charge in [0.05, 0.1) is 6.20 Å². The number of carbonyl (C=O) groups excluding carboxylic acids is 1. The smallest absolute Gasteiger partial charge is 0.441 e. The molecule has 0 fully saturated rings. The Balaban J connectivity index is 1.55. The first-order valence-corrected chi connectivity index (χ1v) is 8.52. The van der Waals surface area contributed by atoms with Crippen LogP contribution < -0.4 is 10.1 Å². The Labute approximate surface area is 163 Å². The maximum absolute atomic E-state index is 12.3. The van der Waals surface area contributed by atoms with Gasteiger partial charge in [-0.05, 0) is 36.4 Å². The minimum absolute atomic E-state index is 0.0466. The van der Waals surface area contributed by atoms with Crippen molar-refractivity contribution in [1.29, 1.82) is 0 Å². The number of nitrogens with one attached hydrogen (secondary N) is 1. The molecule has 1 amide bonds. The molecule has 0 spiro atoms. The summed E-state index contributed by atoms with van der Waals surface area (Å²) in [6.07, 6.45) is -2.97. The number of ether oxygens (including phenoxy) is 1. The lowest BCUT2D eigenvalue weighted by Crippen LogP contribution is -2.17. The maximum Gasteiger partial charge on any atom is 0.573 e. The van der Waals surface area contributed by atoms with E-state index < -0.39 is 18.0 Å². The highest BCUT2D eigenvalue weighted by Crippen LogP contribution is 2.25. The van der Waals surface area contributed by atoms with E-state index in [0.717, 1.165) is 17.7 Å². The number of rotatable bonds is 6. The van der Waals surface area contributed by atoms with Crippen molar-refractivity contribution in [2.24, 2.45) is 0 Å². The molecule has 28 heavy (non-hydrogen) atoms. The quantitative estimate of drug-likeness (QED) is 0.585. The van der Waals surface area contributed by atoms with Gasteiger partial charge in [-0.3, -0.25) is 4.79 Å². The fraction of sp³-hybridized carbons (Fsp3) is 0.158. The van der Waals surface area contributed by atoms with Gasteiger partial charge in [-0.25, -0.2) is 4.98 Å². The van der Waals surface area contributed by atoms with Gasteiger partial charge in [0, 0.05) is 35.2 Å². The topological polar surface area (TPSA) is 64.4 Å². The van der Waals surface area contributed by atoms with Gasteiger partial charge >= 0.3 is 6.36 Å². The summed E-state index contributed by atoms with van der Waals surface area (Å²) in [5, 5.41) is 3.11. The molecule has 0 aliphatic carbocycles. The summed E-state index contributed by atoms with van der Waals surface area (Å²) in [7, 11) is 0. The van der Waals surface area contributed by atoms with Crippen molar-refractivity contribution in [3.8, 4) is 17.1 Å². The largest absolute Gasteiger partial charge is 0.573 e. The third kappa shape index (κ3) is 5.75. The van der Waals surface area contributed by atoms with Crippen molar-refractivity contribution in [2.75, 3.05) is 5.32 Å². The molecule has 2 aromatic carbocycles. The second kappa shape index (κ2) is 8.35. The first kappa shape index (κ1) is 19.8. The number of nitrogens with zero attached hydrogens (tertiary/aromatic N) is 1. The zero-order valence-corrected chi connectivity index (χ0v) is 15.1. The van der Waals surface area contributed by atoms with Gasteiger partial charge < -0.3 is 14.5 Å². The number of benzene rings is 2. The molecule has 3 aromatic rings. The van der Waals surface area contributed by atoms with Crippen LogP contribution in [0.2, 0.25) is 5.02 Å². The number of hydrogen-bond acceptors (Lipinski definition) is 4. The summed E-state index contributed by atoms with van der Waals surface area (Å²) in [5.41, 5.74) is 0.995. The molecular formula is C19H14ClF3N2O3. The molecule has 0 aliphatic heterocycles. The highest BCUT2D eigenvalue weighted by Gasteiger charge is 2.31. The molecule has 3 rings (SSSR count). The number of hydrogen-bond donors (Lipinski definition) is 1. The lowest BCUT2D eigenvalue weighted by Gasteiger charge is -2.10. The molecule has 0 saturated carbocycles. The second-order valence-electron chi connectivity index (χ2n) is 5.75. The number of alkyl halides is 3. The lowest BCUT2D eigenvalue weighted by atomic mass is 10.2. The molecule has 0 atom stereocenters. The minimum atomic E-state index is -4.80. The molecule has 0 radical (unpaired) electrons. The Morgan fingerprint density at radius 1 is 1.18 bits per heavy atom. The summed E-state index contributed by atoms with van der Waals surface area (Å²) >= 11 is 5.84. The molecule has 1 N–H and O–H groups in total. The van der Waals surface area contributed by atoms with Crippen LogP contribution in [0, 0.1) is 0 Å². The highest BCUT2D eigenvalue weighted by atomic mass is 35.5.